The number of sulfonamides is 1. The first-order chi connectivity index (χ1) is 18.7. The number of amides is 2. The molecule has 7 nitrogen and oxygen atoms in total. The highest BCUT2D eigenvalue weighted by atomic mass is 32.2. The van der Waals surface area contributed by atoms with E-state index in [1.54, 1.807) is 84.8 Å². The van der Waals surface area contributed by atoms with Crippen molar-refractivity contribution in [1.29, 1.82) is 0 Å². The molecule has 0 aliphatic rings. The van der Waals surface area contributed by atoms with Crippen molar-refractivity contribution in [2.24, 2.45) is 0 Å². The first kappa shape index (κ1) is 27.6. The molecule has 200 valence electrons. The predicted octanol–water partition coefficient (Wildman–Crippen LogP) is 5.63. The fourth-order valence-electron chi connectivity index (χ4n) is 4.23. The number of ether oxygens (including phenoxy) is 1. The van der Waals surface area contributed by atoms with Gasteiger partial charge in [0.05, 0.1) is 24.5 Å². The van der Waals surface area contributed by atoms with Gasteiger partial charge in [0.25, 0.3) is 15.9 Å². The average molecular weight is 543 g/mol. The van der Waals surface area contributed by atoms with Gasteiger partial charge in [0.2, 0.25) is 5.91 Å². The Labute approximate surface area is 229 Å². The van der Waals surface area contributed by atoms with Crippen LogP contribution in [0.25, 0.3) is 0 Å². The van der Waals surface area contributed by atoms with Crippen LogP contribution < -0.4 is 9.64 Å². The number of hydrogen-bond acceptors (Lipinski definition) is 5. The highest BCUT2D eigenvalue weighted by Crippen LogP contribution is 2.33. The third-order valence-corrected chi connectivity index (χ3v) is 8.28. The zero-order chi connectivity index (χ0) is 28.0. The van der Waals surface area contributed by atoms with Crippen LogP contribution in [0.15, 0.2) is 114 Å². The van der Waals surface area contributed by atoms with Crippen LogP contribution in [-0.2, 0) is 14.8 Å². The van der Waals surface area contributed by atoms with Gasteiger partial charge < -0.3 is 9.64 Å². The largest absolute Gasteiger partial charge is 0.497 e. The van der Waals surface area contributed by atoms with E-state index in [1.165, 1.54) is 19.2 Å². The van der Waals surface area contributed by atoms with E-state index in [-0.39, 0.29) is 17.2 Å². The smallest absolute Gasteiger partial charge is 0.266 e. The molecular weight excluding hydrogens is 512 g/mol. The van der Waals surface area contributed by atoms with E-state index in [0.717, 1.165) is 9.87 Å². The Balaban J connectivity index is 1.78. The summed E-state index contributed by atoms with van der Waals surface area (Å²) in [7, 11) is -1.30. The third kappa shape index (κ3) is 6.18. The number of para-hydroxylation sites is 1. The number of carbonyl (C=O) groups excluding carboxylic acids is 2. The Kier molecular flexibility index (Phi) is 8.46. The molecule has 4 aromatic rings. The lowest BCUT2D eigenvalue weighted by molar-refractivity contribution is -0.126. The van der Waals surface area contributed by atoms with Crippen molar-refractivity contribution in [2.45, 2.75) is 24.3 Å². The van der Waals surface area contributed by atoms with E-state index >= 15 is 0 Å². The Hall–Kier alpha value is -4.43. The Morgan fingerprint density at radius 2 is 1.36 bits per heavy atom. The van der Waals surface area contributed by atoms with Crippen molar-refractivity contribution in [3.05, 3.63) is 126 Å². The van der Waals surface area contributed by atoms with Gasteiger partial charge in [-0.05, 0) is 61.0 Å². The van der Waals surface area contributed by atoms with Crippen LogP contribution >= 0.6 is 0 Å². The van der Waals surface area contributed by atoms with Crippen LogP contribution in [0.1, 0.15) is 33.9 Å². The molecule has 0 spiro atoms. The number of anilines is 1. The summed E-state index contributed by atoms with van der Waals surface area (Å²) in [6.07, 6.45) is -0.276. The normalized spacial score (nSPS) is 11.9. The highest BCUT2D eigenvalue weighted by molar-refractivity contribution is 7.89. The number of methoxy groups -OCH3 is 1. The lowest BCUT2D eigenvalue weighted by Crippen LogP contribution is -2.40. The van der Waals surface area contributed by atoms with Gasteiger partial charge in [0.15, 0.2) is 0 Å². The molecule has 1 atom stereocenters. The topological polar surface area (TPSA) is 84.0 Å². The van der Waals surface area contributed by atoms with E-state index in [9.17, 15) is 18.0 Å². The van der Waals surface area contributed by atoms with Crippen molar-refractivity contribution >= 4 is 27.5 Å². The second-order valence-corrected chi connectivity index (χ2v) is 11.0. The number of carbonyl (C=O) groups is 2. The maximum atomic E-state index is 13.9. The molecule has 4 aromatic carbocycles. The summed E-state index contributed by atoms with van der Waals surface area (Å²) >= 11 is 0. The van der Waals surface area contributed by atoms with E-state index in [0.29, 0.717) is 22.6 Å². The summed E-state index contributed by atoms with van der Waals surface area (Å²) in [6.45, 7) is 1.85. The summed E-state index contributed by atoms with van der Waals surface area (Å²) in [5, 5.41) is 0. The van der Waals surface area contributed by atoms with Gasteiger partial charge in [0, 0.05) is 18.3 Å². The molecule has 8 heteroatoms. The average Bonchev–Trinajstić information content (AvgIpc) is 2.97. The first-order valence-electron chi connectivity index (χ1n) is 12.4. The van der Waals surface area contributed by atoms with Crippen molar-refractivity contribution in [3.63, 3.8) is 0 Å². The van der Waals surface area contributed by atoms with E-state index in [1.807, 2.05) is 31.2 Å². The molecule has 0 aromatic heterocycles. The Bertz CT molecular complexity index is 1520. The molecule has 0 aliphatic heterocycles. The lowest BCUT2D eigenvalue weighted by atomic mass is 9.99. The summed E-state index contributed by atoms with van der Waals surface area (Å²) in [6, 6.07) is 30.3. The van der Waals surface area contributed by atoms with E-state index < -0.39 is 22.0 Å². The lowest BCUT2D eigenvalue weighted by Gasteiger charge is -2.33. The minimum Gasteiger partial charge on any atom is -0.497 e. The van der Waals surface area contributed by atoms with Crippen LogP contribution in [0.3, 0.4) is 0 Å². The van der Waals surface area contributed by atoms with Crippen molar-refractivity contribution in [1.82, 2.24) is 4.31 Å². The van der Waals surface area contributed by atoms with Crippen molar-refractivity contribution in [2.75, 3.05) is 19.1 Å². The van der Waals surface area contributed by atoms with Crippen molar-refractivity contribution in [3.8, 4) is 5.75 Å². The maximum absolute atomic E-state index is 13.9. The number of nitrogens with zero attached hydrogens (tertiary/aromatic N) is 2. The third-order valence-electron chi connectivity index (χ3n) is 6.48. The standard InChI is InChI=1S/C31H30N2O5S/c1-23-14-20-28(21-15-23)39(36,37)32(2)30(34)22-29(24-16-18-27(38-3)19-17-24)33(26-12-8-5-9-13-26)31(35)25-10-6-4-7-11-25/h4-21,29H,22H2,1-3H3. The highest BCUT2D eigenvalue weighted by Gasteiger charge is 2.33. The van der Waals surface area contributed by atoms with Gasteiger partial charge in [0.1, 0.15) is 5.75 Å². The number of rotatable bonds is 9. The second-order valence-electron chi connectivity index (χ2n) is 9.05. The summed E-state index contributed by atoms with van der Waals surface area (Å²) in [5.74, 6) is -0.360. The first-order valence-corrected chi connectivity index (χ1v) is 13.8. The van der Waals surface area contributed by atoms with Crippen LogP contribution in [0.4, 0.5) is 5.69 Å². The molecule has 0 aliphatic carbocycles. The van der Waals surface area contributed by atoms with E-state index in [2.05, 4.69) is 0 Å². The molecule has 0 saturated heterocycles. The number of hydrogen-bond donors (Lipinski definition) is 0. The second kappa shape index (κ2) is 12.0. The van der Waals surface area contributed by atoms with Gasteiger partial charge >= 0.3 is 0 Å². The van der Waals surface area contributed by atoms with E-state index in [4.69, 9.17) is 4.74 Å². The van der Waals surface area contributed by atoms with Crippen LogP contribution in [0, 0.1) is 6.92 Å². The summed E-state index contributed by atoms with van der Waals surface area (Å²) in [4.78, 5) is 29.1. The van der Waals surface area contributed by atoms with Crippen LogP contribution in [-0.4, -0.2) is 38.7 Å². The fraction of sp³-hybridized carbons (Fsp3) is 0.161. The van der Waals surface area contributed by atoms with Gasteiger partial charge in [-0.3, -0.25) is 9.59 Å². The Morgan fingerprint density at radius 3 is 1.92 bits per heavy atom. The van der Waals surface area contributed by atoms with Crippen LogP contribution in [0.2, 0.25) is 0 Å². The van der Waals surface area contributed by atoms with Gasteiger partial charge in [-0.2, -0.15) is 0 Å². The molecule has 39 heavy (non-hydrogen) atoms. The SMILES string of the molecule is COc1ccc(C(CC(=O)N(C)S(=O)(=O)c2ccc(C)cc2)N(C(=O)c2ccccc2)c2ccccc2)cc1. The monoisotopic (exact) mass is 542 g/mol. The quantitative estimate of drug-likeness (QED) is 0.274. The Morgan fingerprint density at radius 1 is 0.795 bits per heavy atom. The molecule has 0 N–H and O–H groups in total. The van der Waals surface area contributed by atoms with Crippen LogP contribution in [0.5, 0.6) is 5.75 Å². The summed E-state index contributed by atoms with van der Waals surface area (Å²) < 4.78 is 32.6. The number of benzene rings is 4. The minimum absolute atomic E-state index is 0.0187. The zero-order valence-electron chi connectivity index (χ0n) is 22.0. The molecule has 0 radical (unpaired) electrons. The zero-order valence-corrected chi connectivity index (χ0v) is 22.8. The molecule has 2 amide bonds. The van der Waals surface area contributed by atoms with Gasteiger partial charge in [-0.15, -0.1) is 0 Å². The minimum atomic E-state index is -4.10. The fourth-order valence-corrected chi connectivity index (χ4v) is 5.37. The molecule has 0 bridgehead atoms. The van der Waals surface area contributed by atoms with Gasteiger partial charge in [-0.1, -0.05) is 66.2 Å². The predicted molar refractivity (Wildman–Crippen MR) is 151 cm³/mol. The summed E-state index contributed by atoms with van der Waals surface area (Å²) in [5.41, 5.74) is 2.57. The molecule has 0 heterocycles. The molecule has 1 unspecified atom stereocenters. The molecule has 0 fully saturated rings. The van der Waals surface area contributed by atoms with Crippen molar-refractivity contribution < 1.29 is 22.7 Å². The maximum Gasteiger partial charge on any atom is 0.266 e. The molecule has 4 rings (SSSR count). The number of aryl methyl sites for hydroxylation is 1. The molecular formula is C31H30N2O5S. The molecule has 0 saturated carbocycles. The van der Waals surface area contributed by atoms with Gasteiger partial charge in [-0.25, -0.2) is 12.7 Å².